The van der Waals surface area contributed by atoms with Crippen LogP contribution in [-0.4, -0.2) is 71.3 Å². The number of carbonyl (C=O) groups is 2. The highest BCUT2D eigenvalue weighted by molar-refractivity contribution is 5.91. The minimum absolute atomic E-state index is 0.0143. The van der Waals surface area contributed by atoms with E-state index in [1.807, 2.05) is 0 Å². The molecule has 0 bridgehead atoms. The van der Waals surface area contributed by atoms with Gasteiger partial charge in [0.05, 0.1) is 13.2 Å². The van der Waals surface area contributed by atoms with Crippen molar-refractivity contribution in [1.29, 1.82) is 0 Å². The largest absolute Gasteiger partial charge is 0.462 e. The molecule has 0 atom stereocenters. The third kappa shape index (κ3) is 5.91. The van der Waals surface area contributed by atoms with Crippen molar-refractivity contribution >= 4 is 23.8 Å². The van der Waals surface area contributed by atoms with Gasteiger partial charge in [-0.3, -0.25) is 0 Å². The lowest BCUT2D eigenvalue weighted by Gasteiger charge is -2.35. The molecule has 0 spiro atoms. The van der Waals surface area contributed by atoms with Crippen LogP contribution in [0.15, 0.2) is 12.4 Å². The molecule has 0 aromatic carbocycles. The number of hydrogen-bond donors (Lipinski definition) is 0. The molecule has 3 rings (SSSR count). The Morgan fingerprint density at radius 2 is 1.08 bits per heavy atom. The molecule has 0 saturated carbocycles. The number of nitrogens with zero attached hydrogens (tertiary/aromatic N) is 6. The summed E-state index contributed by atoms with van der Waals surface area (Å²) < 4.78 is 90.2. The minimum atomic E-state index is -4.95. The number of esters is 2. The normalized spacial score (nSPS) is 14.6. The summed E-state index contributed by atoms with van der Waals surface area (Å²) in [6.07, 6.45) is -8.46. The average molecular weight is 522 g/mol. The summed E-state index contributed by atoms with van der Waals surface area (Å²) in [6, 6.07) is 0. The van der Waals surface area contributed by atoms with Gasteiger partial charge in [-0.25, -0.2) is 29.5 Å². The molecule has 2 aromatic rings. The molecule has 1 aliphatic rings. The monoisotopic (exact) mass is 522 g/mol. The lowest BCUT2D eigenvalue weighted by molar-refractivity contribution is -0.142. The highest BCUT2D eigenvalue weighted by atomic mass is 19.4. The van der Waals surface area contributed by atoms with Crippen LogP contribution < -0.4 is 9.80 Å². The van der Waals surface area contributed by atoms with Crippen molar-refractivity contribution in [2.75, 3.05) is 49.2 Å². The number of carbonyl (C=O) groups excluding carboxylic acids is 2. The SMILES string of the molecule is CCOC(=O)c1cnc(N2CCN(c3ncc(C(=O)OCC)c(C(F)(F)F)n3)CC2)nc1C(F)(F)F. The van der Waals surface area contributed by atoms with Crippen LogP contribution in [0.2, 0.25) is 0 Å². The fourth-order valence-corrected chi connectivity index (χ4v) is 3.30. The van der Waals surface area contributed by atoms with Crippen LogP contribution in [0.4, 0.5) is 38.2 Å². The van der Waals surface area contributed by atoms with Crippen molar-refractivity contribution < 1.29 is 45.4 Å². The number of alkyl halides is 6. The lowest BCUT2D eigenvalue weighted by atomic mass is 10.2. The van der Waals surface area contributed by atoms with E-state index in [0.29, 0.717) is 0 Å². The first-order chi connectivity index (χ1) is 16.9. The quantitative estimate of drug-likeness (QED) is 0.415. The van der Waals surface area contributed by atoms with Crippen LogP contribution in [0.25, 0.3) is 0 Å². The van der Waals surface area contributed by atoms with E-state index < -0.39 is 46.8 Å². The van der Waals surface area contributed by atoms with Gasteiger partial charge in [0.15, 0.2) is 11.4 Å². The van der Waals surface area contributed by atoms with Crippen LogP contribution in [0.1, 0.15) is 46.0 Å². The molecule has 2 aromatic heterocycles. The Labute approximate surface area is 200 Å². The van der Waals surface area contributed by atoms with Crippen molar-refractivity contribution in [3.8, 4) is 0 Å². The van der Waals surface area contributed by atoms with E-state index in [9.17, 15) is 35.9 Å². The van der Waals surface area contributed by atoms with Crippen LogP contribution in [-0.2, 0) is 21.8 Å². The first-order valence-electron chi connectivity index (χ1n) is 10.6. The number of halogens is 6. The zero-order valence-corrected chi connectivity index (χ0v) is 19.0. The summed E-state index contributed by atoms with van der Waals surface area (Å²) >= 11 is 0. The Kier molecular flexibility index (Phi) is 7.83. The second kappa shape index (κ2) is 10.5. The van der Waals surface area contributed by atoms with Crippen LogP contribution >= 0.6 is 0 Å². The van der Waals surface area contributed by atoms with E-state index in [2.05, 4.69) is 29.4 Å². The van der Waals surface area contributed by atoms with Gasteiger partial charge in [-0.05, 0) is 13.8 Å². The molecule has 36 heavy (non-hydrogen) atoms. The summed E-state index contributed by atoms with van der Waals surface area (Å²) in [7, 11) is 0. The predicted octanol–water partition coefficient (Wildman–Crippen LogP) is 2.98. The zero-order valence-electron chi connectivity index (χ0n) is 19.0. The lowest BCUT2D eigenvalue weighted by Crippen LogP contribution is -2.48. The van der Waals surface area contributed by atoms with Gasteiger partial charge in [0.25, 0.3) is 0 Å². The Bertz CT molecular complexity index is 1030. The maximum atomic E-state index is 13.5. The molecule has 3 heterocycles. The summed E-state index contributed by atoms with van der Waals surface area (Å²) in [4.78, 5) is 41.1. The van der Waals surface area contributed by atoms with E-state index in [1.165, 1.54) is 23.6 Å². The predicted molar refractivity (Wildman–Crippen MR) is 110 cm³/mol. The number of aromatic nitrogens is 4. The molecule has 1 fully saturated rings. The second-order valence-corrected chi connectivity index (χ2v) is 7.28. The van der Waals surface area contributed by atoms with Crippen LogP contribution in [0.3, 0.4) is 0 Å². The Balaban J connectivity index is 1.81. The van der Waals surface area contributed by atoms with Gasteiger partial charge in [0.1, 0.15) is 11.1 Å². The molecular weight excluding hydrogens is 502 g/mol. The molecule has 16 heteroatoms. The van der Waals surface area contributed by atoms with Gasteiger partial charge in [-0.1, -0.05) is 0 Å². The molecule has 196 valence electrons. The van der Waals surface area contributed by atoms with E-state index in [1.54, 1.807) is 0 Å². The molecule has 1 aliphatic heterocycles. The number of rotatable bonds is 6. The maximum absolute atomic E-state index is 13.5. The first-order valence-corrected chi connectivity index (χ1v) is 10.6. The van der Waals surface area contributed by atoms with Crippen molar-refractivity contribution in [1.82, 2.24) is 19.9 Å². The number of anilines is 2. The smallest absolute Gasteiger partial charge is 0.434 e. The molecular formula is C20H20F6N6O4. The first kappa shape index (κ1) is 26.9. The molecule has 1 saturated heterocycles. The molecule has 10 nitrogen and oxygen atoms in total. The fraction of sp³-hybridized carbons (Fsp3) is 0.500. The van der Waals surface area contributed by atoms with Crippen molar-refractivity contribution in [3.05, 3.63) is 34.9 Å². The van der Waals surface area contributed by atoms with E-state index in [-0.39, 0.29) is 51.3 Å². The molecule has 0 N–H and O–H groups in total. The number of hydrogen-bond acceptors (Lipinski definition) is 10. The molecule has 0 radical (unpaired) electrons. The molecule has 0 aliphatic carbocycles. The van der Waals surface area contributed by atoms with Gasteiger partial charge in [0, 0.05) is 38.6 Å². The summed E-state index contributed by atoms with van der Waals surface area (Å²) in [5.74, 6) is -3.07. The summed E-state index contributed by atoms with van der Waals surface area (Å²) in [6.45, 7) is 2.65. The molecule has 0 unspecified atom stereocenters. The highest BCUT2D eigenvalue weighted by Crippen LogP contribution is 2.33. The standard InChI is InChI=1S/C20H20F6N6O4/c1-3-35-15(33)11-9-27-17(29-13(11)19(21,22)23)31-5-7-32(8-6-31)18-28-10-12(16(34)36-4-2)14(30-18)20(24,25)26/h9-10H,3-8H2,1-2H3. The highest BCUT2D eigenvalue weighted by Gasteiger charge is 2.40. The number of piperazine rings is 1. The van der Waals surface area contributed by atoms with Crippen LogP contribution in [0, 0.1) is 0 Å². The fourth-order valence-electron chi connectivity index (χ4n) is 3.30. The summed E-state index contributed by atoms with van der Waals surface area (Å²) in [5.41, 5.74) is -4.58. The van der Waals surface area contributed by atoms with Crippen molar-refractivity contribution in [2.24, 2.45) is 0 Å². The second-order valence-electron chi connectivity index (χ2n) is 7.28. The summed E-state index contributed by atoms with van der Waals surface area (Å²) in [5, 5.41) is 0. The number of ether oxygens (including phenoxy) is 2. The van der Waals surface area contributed by atoms with Gasteiger partial charge in [-0.15, -0.1) is 0 Å². The van der Waals surface area contributed by atoms with E-state index in [0.717, 1.165) is 12.4 Å². The van der Waals surface area contributed by atoms with E-state index >= 15 is 0 Å². The van der Waals surface area contributed by atoms with Gasteiger partial charge in [0.2, 0.25) is 11.9 Å². The maximum Gasteiger partial charge on any atom is 0.434 e. The zero-order chi connectivity index (χ0) is 26.7. The van der Waals surface area contributed by atoms with Gasteiger partial charge in [-0.2, -0.15) is 26.3 Å². The average Bonchev–Trinajstić information content (AvgIpc) is 2.82. The Morgan fingerprint density at radius 3 is 1.36 bits per heavy atom. The van der Waals surface area contributed by atoms with Gasteiger partial charge >= 0.3 is 24.3 Å². The molecule has 0 amide bonds. The van der Waals surface area contributed by atoms with E-state index in [4.69, 9.17) is 0 Å². The Morgan fingerprint density at radius 1 is 0.750 bits per heavy atom. The van der Waals surface area contributed by atoms with Crippen molar-refractivity contribution in [2.45, 2.75) is 26.2 Å². The van der Waals surface area contributed by atoms with Crippen molar-refractivity contribution in [3.63, 3.8) is 0 Å². The Hall–Kier alpha value is -3.72. The third-order valence-electron chi connectivity index (χ3n) is 4.93. The van der Waals surface area contributed by atoms with Crippen LogP contribution in [0.5, 0.6) is 0 Å². The topological polar surface area (TPSA) is 111 Å². The van der Waals surface area contributed by atoms with Gasteiger partial charge < -0.3 is 19.3 Å². The minimum Gasteiger partial charge on any atom is -0.462 e. The third-order valence-corrected chi connectivity index (χ3v) is 4.93.